The fraction of sp³-hybridized carbons (Fsp3) is 0.250. The number of ketones is 1. The van der Waals surface area contributed by atoms with Gasteiger partial charge < -0.3 is 0 Å². The molecule has 0 unspecified atom stereocenters. The predicted molar refractivity (Wildman–Crippen MR) is 56.5 cm³/mol. The predicted octanol–water partition coefficient (Wildman–Crippen LogP) is 4.87. The largest absolute Gasteiger partial charge is 0.454 e. The summed E-state index contributed by atoms with van der Waals surface area (Å²) < 4.78 is 111. The maximum absolute atomic E-state index is 12.5. The Morgan fingerprint density at radius 1 is 0.773 bits per heavy atom. The fourth-order valence-corrected chi connectivity index (χ4v) is 1.34. The molecule has 1 aromatic rings. The zero-order valence-electron chi connectivity index (χ0n) is 10.2. The molecule has 0 atom stereocenters. The normalized spacial score (nSPS) is 13.7. The van der Waals surface area contributed by atoms with E-state index in [0.29, 0.717) is 0 Å². The highest BCUT2D eigenvalue weighted by molar-refractivity contribution is 5.97. The summed E-state index contributed by atoms with van der Waals surface area (Å²) in [6, 6.07) is 0.230. The molecule has 0 spiro atoms. The zero-order valence-corrected chi connectivity index (χ0v) is 10.2. The van der Waals surface area contributed by atoms with Crippen LogP contribution in [0.1, 0.15) is 16.7 Å². The summed E-state index contributed by atoms with van der Waals surface area (Å²) in [6.07, 6.45) is -15.4. The van der Waals surface area contributed by atoms with Gasteiger partial charge in [0.05, 0.1) is 11.1 Å². The van der Waals surface area contributed by atoms with Crippen molar-refractivity contribution < 1.29 is 44.3 Å². The van der Waals surface area contributed by atoms with Crippen LogP contribution in [-0.2, 0) is 17.1 Å². The molecule has 1 nitrogen and oxygen atoms in total. The molecule has 0 saturated carbocycles. The van der Waals surface area contributed by atoms with Crippen LogP contribution in [0.25, 0.3) is 6.08 Å². The summed E-state index contributed by atoms with van der Waals surface area (Å²) in [5.74, 6) is -2.40. The maximum Gasteiger partial charge on any atom is 0.454 e. The van der Waals surface area contributed by atoms with E-state index in [1.807, 2.05) is 0 Å². The molecule has 0 N–H and O–H groups in total. The van der Waals surface area contributed by atoms with E-state index < -0.39 is 41.0 Å². The summed E-state index contributed by atoms with van der Waals surface area (Å²) >= 11 is 0. The fourth-order valence-electron chi connectivity index (χ4n) is 1.34. The average molecular weight is 336 g/mol. The molecule has 0 saturated heterocycles. The Balaban J connectivity index is 3.31. The van der Waals surface area contributed by atoms with Crippen molar-refractivity contribution in [1.82, 2.24) is 0 Å². The third-order valence-corrected chi connectivity index (χ3v) is 2.32. The Morgan fingerprint density at radius 3 is 1.50 bits per heavy atom. The molecule has 0 fully saturated rings. The lowest BCUT2D eigenvalue weighted by Gasteiger charge is -2.12. The van der Waals surface area contributed by atoms with Gasteiger partial charge in [0.2, 0.25) is 0 Å². The topological polar surface area (TPSA) is 17.1 Å². The van der Waals surface area contributed by atoms with Crippen molar-refractivity contribution in [2.75, 3.05) is 0 Å². The summed E-state index contributed by atoms with van der Waals surface area (Å²) in [5.41, 5.74) is -4.22. The first-order valence-corrected chi connectivity index (χ1v) is 5.30. The maximum atomic E-state index is 12.5. The van der Waals surface area contributed by atoms with Crippen molar-refractivity contribution >= 4 is 11.9 Å². The number of carbonyl (C=O) groups excluding carboxylic acids is 1. The van der Waals surface area contributed by atoms with Crippen molar-refractivity contribution in [3.63, 3.8) is 0 Å². The molecule has 0 aliphatic rings. The highest BCUT2D eigenvalue weighted by Gasteiger charge is 2.37. The number of benzene rings is 1. The highest BCUT2D eigenvalue weighted by atomic mass is 19.4. The minimum atomic E-state index is -5.27. The second kappa shape index (κ2) is 5.65. The number of alkyl halides is 9. The average Bonchev–Trinajstić information content (AvgIpc) is 2.32. The summed E-state index contributed by atoms with van der Waals surface area (Å²) in [6.45, 7) is 0. The van der Waals surface area contributed by atoms with Crippen molar-refractivity contribution in [3.8, 4) is 0 Å². The summed E-state index contributed by atoms with van der Waals surface area (Å²) in [4.78, 5) is 10.5. The van der Waals surface area contributed by atoms with Crippen LogP contribution >= 0.6 is 0 Å². The van der Waals surface area contributed by atoms with E-state index in [4.69, 9.17) is 0 Å². The van der Waals surface area contributed by atoms with Crippen LogP contribution < -0.4 is 0 Å². The van der Waals surface area contributed by atoms with E-state index >= 15 is 0 Å². The van der Waals surface area contributed by atoms with E-state index in [2.05, 4.69) is 0 Å². The van der Waals surface area contributed by atoms with E-state index in [1.54, 1.807) is 0 Å². The van der Waals surface area contributed by atoms with Gasteiger partial charge in [-0.15, -0.1) is 0 Å². The van der Waals surface area contributed by atoms with Crippen molar-refractivity contribution in [3.05, 3.63) is 41.0 Å². The Bertz CT molecular complexity index is 558. The summed E-state index contributed by atoms with van der Waals surface area (Å²) in [7, 11) is 0. The number of hydrogen-bond donors (Lipinski definition) is 0. The molecule has 10 heteroatoms. The Hall–Kier alpha value is -2.00. The van der Waals surface area contributed by atoms with Gasteiger partial charge in [0.1, 0.15) is 0 Å². The van der Waals surface area contributed by atoms with Gasteiger partial charge in [-0.2, -0.15) is 39.5 Å². The van der Waals surface area contributed by atoms with Crippen LogP contribution in [-0.4, -0.2) is 12.0 Å². The summed E-state index contributed by atoms with van der Waals surface area (Å²) in [5, 5.41) is 0. The quantitative estimate of drug-likeness (QED) is 0.556. The van der Waals surface area contributed by atoms with Gasteiger partial charge in [-0.25, -0.2) is 0 Å². The van der Waals surface area contributed by atoms with Crippen LogP contribution in [0.2, 0.25) is 0 Å². The zero-order chi connectivity index (χ0) is 17.3. The van der Waals surface area contributed by atoms with Gasteiger partial charge >= 0.3 is 18.5 Å². The van der Waals surface area contributed by atoms with Gasteiger partial charge in [0, 0.05) is 0 Å². The van der Waals surface area contributed by atoms with Crippen molar-refractivity contribution in [1.29, 1.82) is 0 Å². The number of rotatable bonds is 2. The third kappa shape index (κ3) is 4.78. The SMILES string of the molecule is O=C(/C=C/c1cc(C(F)(F)F)cc(C(F)(F)F)c1)C(F)(F)F. The second-order valence-electron chi connectivity index (χ2n) is 4.03. The Kier molecular flexibility index (Phi) is 4.64. The number of carbonyl (C=O) groups is 1. The van der Waals surface area contributed by atoms with Crippen LogP contribution in [0.4, 0.5) is 39.5 Å². The molecule has 0 aliphatic heterocycles. The first-order chi connectivity index (χ1) is 9.71. The molecular formula is C12H5F9O. The van der Waals surface area contributed by atoms with Gasteiger partial charge in [0.25, 0.3) is 5.78 Å². The molecule has 0 aromatic heterocycles. The Labute approximate surface area is 117 Å². The second-order valence-corrected chi connectivity index (χ2v) is 4.03. The van der Waals surface area contributed by atoms with Crippen LogP contribution in [0.15, 0.2) is 24.3 Å². The molecule has 0 aliphatic carbocycles. The lowest BCUT2D eigenvalue weighted by atomic mass is 10.0. The van der Waals surface area contributed by atoms with Crippen molar-refractivity contribution in [2.24, 2.45) is 0 Å². The monoisotopic (exact) mass is 336 g/mol. The molecule has 0 amide bonds. The number of allylic oxidation sites excluding steroid dienone is 1. The van der Waals surface area contributed by atoms with E-state index in [0.717, 1.165) is 0 Å². The minimum Gasteiger partial charge on any atom is -0.285 e. The highest BCUT2D eigenvalue weighted by Crippen LogP contribution is 2.36. The van der Waals surface area contributed by atoms with Crippen LogP contribution in [0.5, 0.6) is 0 Å². The standard InChI is InChI=1S/C12H5F9O/c13-10(14,15)7-3-6(1-2-9(22)12(19,20)21)4-8(5-7)11(16,17)18/h1-5H/b2-1+. The number of halogens is 9. The lowest BCUT2D eigenvalue weighted by molar-refractivity contribution is -0.165. The molecule has 0 radical (unpaired) electrons. The molecule has 1 aromatic carbocycles. The third-order valence-electron chi connectivity index (χ3n) is 2.32. The Morgan fingerprint density at radius 2 is 1.18 bits per heavy atom. The smallest absolute Gasteiger partial charge is 0.285 e. The molecular weight excluding hydrogens is 331 g/mol. The van der Waals surface area contributed by atoms with Crippen molar-refractivity contribution in [2.45, 2.75) is 18.5 Å². The lowest BCUT2D eigenvalue weighted by Crippen LogP contribution is -2.19. The van der Waals surface area contributed by atoms with E-state index in [1.165, 1.54) is 0 Å². The van der Waals surface area contributed by atoms with Gasteiger partial charge in [0.15, 0.2) is 0 Å². The van der Waals surface area contributed by atoms with Gasteiger partial charge in [-0.3, -0.25) is 4.79 Å². The van der Waals surface area contributed by atoms with E-state index in [-0.39, 0.29) is 30.4 Å². The molecule has 1 rings (SSSR count). The molecule has 22 heavy (non-hydrogen) atoms. The number of hydrogen-bond acceptors (Lipinski definition) is 1. The van der Waals surface area contributed by atoms with E-state index in [9.17, 15) is 44.3 Å². The molecule has 0 bridgehead atoms. The van der Waals surface area contributed by atoms with Gasteiger partial charge in [-0.1, -0.05) is 6.08 Å². The molecule has 122 valence electrons. The minimum absolute atomic E-state index is 0.143. The first kappa shape index (κ1) is 18.1. The molecule has 0 heterocycles. The first-order valence-electron chi connectivity index (χ1n) is 5.30. The van der Waals surface area contributed by atoms with Crippen LogP contribution in [0.3, 0.4) is 0 Å². The van der Waals surface area contributed by atoms with Gasteiger partial charge in [-0.05, 0) is 29.8 Å². The van der Waals surface area contributed by atoms with Crippen LogP contribution in [0, 0.1) is 0 Å².